The van der Waals surface area contributed by atoms with Crippen molar-refractivity contribution in [3.63, 3.8) is 0 Å². The summed E-state index contributed by atoms with van der Waals surface area (Å²) >= 11 is 0. The Morgan fingerprint density at radius 1 is 1.20 bits per heavy atom. The maximum Gasteiger partial charge on any atom is 0.161 e. The van der Waals surface area contributed by atoms with E-state index in [-0.39, 0.29) is 12.1 Å². The minimum absolute atomic E-state index is 0.105. The van der Waals surface area contributed by atoms with E-state index in [2.05, 4.69) is 14.9 Å². The second kappa shape index (κ2) is 4.94. The third-order valence-electron chi connectivity index (χ3n) is 3.47. The summed E-state index contributed by atoms with van der Waals surface area (Å²) in [5.41, 5.74) is 0.703. The van der Waals surface area contributed by atoms with E-state index in [4.69, 9.17) is 4.74 Å². The Morgan fingerprint density at radius 2 is 1.90 bits per heavy atom. The van der Waals surface area contributed by atoms with E-state index >= 15 is 0 Å². The number of rotatable bonds is 1. The van der Waals surface area contributed by atoms with Crippen LogP contribution in [-0.2, 0) is 4.74 Å². The van der Waals surface area contributed by atoms with Crippen molar-refractivity contribution in [2.45, 2.75) is 26.0 Å². The van der Waals surface area contributed by atoms with Crippen LogP contribution in [0.3, 0.4) is 0 Å². The number of benzene rings is 1. The molecule has 0 spiro atoms. The topological polar surface area (TPSA) is 38.2 Å². The number of ether oxygens (including phenoxy) is 1. The minimum atomic E-state index is -0.910. The molecule has 2 heterocycles. The normalized spacial score (nSPS) is 23.3. The highest BCUT2D eigenvalue weighted by Gasteiger charge is 2.25. The van der Waals surface area contributed by atoms with E-state index < -0.39 is 11.6 Å². The second-order valence-corrected chi connectivity index (χ2v) is 5.13. The number of anilines is 1. The van der Waals surface area contributed by atoms with E-state index in [1.807, 2.05) is 13.8 Å². The molecule has 2 aromatic rings. The first-order valence-electron chi connectivity index (χ1n) is 6.54. The van der Waals surface area contributed by atoms with Crippen LogP contribution in [0.4, 0.5) is 14.6 Å². The first-order valence-corrected chi connectivity index (χ1v) is 6.54. The average molecular weight is 279 g/mol. The second-order valence-electron chi connectivity index (χ2n) is 5.13. The molecule has 0 aliphatic carbocycles. The number of halogens is 2. The van der Waals surface area contributed by atoms with Crippen LogP contribution in [0, 0.1) is 11.6 Å². The molecule has 1 fully saturated rings. The van der Waals surface area contributed by atoms with Crippen molar-refractivity contribution in [3.8, 4) is 0 Å². The van der Waals surface area contributed by atoms with E-state index in [0.717, 1.165) is 12.1 Å². The van der Waals surface area contributed by atoms with E-state index in [9.17, 15) is 8.78 Å². The van der Waals surface area contributed by atoms with Gasteiger partial charge >= 0.3 is 0 Å². The van der Waals surface area contributed by atoms with Gasteiger partial charge in [0.05, 0.1) is 36.0 Å². The van der Waals surface area contributed by atoms with Gasteiger partial charge in [-0.15, -0.1) is 0 Å². The SMILES string of the molecule is CC1CN(c2cnc3cc(F)c(F)cc3n2)C(C)CO1. The lowest BCUT2D eigenvalue weighted by Gasteiger charge is -2.37. The Bertz CT molecular complexity index is 650. The number of aromatic nitrogens is 2. The summed E-state index contributed by atoms with van der Waals surface area (Å²) in [5, 5.41) is 0. The van der Waals surface area contributed by atoms with Crippen LogP contribution in [-0.4, -0.2) is 35.3 Å². The molecule has 2 atom stereocenters. The molecule has 106 valence electrons. The van der Waals surface area contributed by atoms with Gasteiger partial charge in [0.1, 0.15) is 5.82 Å². The van der Waals surface area contributed by atoms with Crippen LogP contribution < -0.4 is 4.90 Å². The maximum absolute atomic E-state index is 13.3. The van der Waals surface area contributed by atoms with Crippen LogP contribution in [0.25, 0.3) is 11.0 Å². The molecule has 0 radical (unpaired) electrons. The molecule has 6 heteroatoms. The summed E-state index contributed by atoms with van der Waals surface area (Å²) in [7, 11) is 0. The van der Waals surface area contributed by atoms with Crippen molar-refractivity contribution >= 4 is 16.9 Å². The largest absolute Gasteiger partial charge is 0.375 e. The third-order valence-corrected chi connectivity index (χ3v) is 3.47. The number of nitrogens with zero attached hydrogens (tertiary/aromatic N) is 3. The van der Waals surface area contributed by atoms with Crippen LogP contribution in [0.1, 0.15) is 13.8 Å². The van der Waals surface area contributed by atoms with Gasteiger partial charge in [0, 0.05) is 18.7 Å². The number of fused-ring (bicyclic) bond motifs is 1. The summed E-state index contributed by atoms with van der Waals surface area (Å²) < 4.78 is 32.0. The molecule has 0 bridgehead atoms. The summed E-state index contributed by atoms with van der Waals surface area (Å²) in [5.74, 6) is -1.16. The van der Waals surface area contributed by atoms with Crippen molar-refractivity contribution in [3.05, 3.63) is 30.0 Å². The lowest BCUT2D eigenvalue weighted by atomic mass is 10.2. The van der Waals surface area contributed by atoms with Gasteiger partial charge in [0.25, 0.3) is 0 Å². The van der Waals surface area contributed by atoms with E-state index in [1.54, 1.807) is 6.20 Å². The van der Waals surface area contributed by atoms with Gasteiger partial charge in [-0.1, -0.05) is 0 Å². The fraction of sp³-hybridized carbons (Fsp3) is 0.429. The molecule has 3 rings (SSSR count). The molecule has 4 nitrogen and oxygen atoms in total. The third kappa shape index (κ3) is 2.31. The Labute approximate surface area is 115 Å². The Hall–Kier alpha value is -1.82. The maximum atomic E-state index is 13.3. The summed E-state index contributed by atoms with van der Waals surface area (Å²) in [6, 6.07) is 2.31. The summed E-state index contributed by atoms with van der Waals surface area (Å²) in [6.07, 6.45) is 1.70. The molecule has 1 aliphatic heterocycles. The predicted octanol–water partition coefficient (Wildman–Crippen LogP) is 2.52. The fourth-order valence-electron chi connectivity index (χ4n) is 2.36. The molecule has 1 aliphatic rings. The zero-order chi connectivity index (χ0) is 14.3. The van der Waals surface area contributed by atoms with Gasteiger partial charge in [0.2, 0.25) is 0 Å². The van der Waals surface area contributed by atoms with Crippen molar-refractivity contribution in [1.82, 2.24) is 9.97 Å². The van der Waals surface area contributed by atoms with Gasteiger partial charge in [-0.25, -0.2) is 13.8 Å². The molecule has 0 saturated carbocycles. The summed E-state index contributed by atoms with van der Waals surface area (Å²) in [6.45, 7) is 5.33. The highest BCUT2D eigenvalue weighted by Crippen LogP contribution is 2.22. The lowest BCUT2D eigenvalue weighted by molar-refractivity contribution is 0.0340. The van der Waals surface area contributed by atoms with Crippen molar-refractivity contribution in [2.24, 2.45) is 0 Å². The van der Waals surface area contributed by atoms with E-state index in [0.29, 0.717) is 30.0 Å². The molecular formula is C14H15F2N3O. The van der Waals surface area contributed by atoms with Gasteiger partial charge in [0.15, 0.2) is 11.6 Å². The van der Waals surface area contributed by atoms with Crippen LogP contribution in [0.2, 0.25) is 0 Å². The smallest absolute Gasteiger partial charge is 0.161 e. The Balaban J connectivity index is 2.01. The summed E-state index contributed by atoms with van der Waals surface area (Å²) in [4.78, 5) is 10.6. The van der Waals surface area contributed by atoms with Crippen molar-refractivity contribution in [1.29, 1.82) is 0 Å². The van der Waals surface area contributed by atoms with Crippen molar-refractivity contribution < 1.29 is 13.5 Å². The van der Waals surface area contributed by atoms with Gasteiger partial charge in [-0.2, -0.15) is 0 Å². The molecule has 0 amide bonds. The quantitative estimate of drug-likeness (QED) is 0.804. The zero-order valence-electron chi connectivity index (χ0n) is 11.3. The van der Waals surface area contributed by atoms with E-state index in [1.165, 1.54) is 0 Å². The number of morpholine rings is 1. The first-order chi connectivity index (χ1) is 9.54. The zero-order valence-corrected chi connectivity index (χ0v) is 11.3. The first kappa shape index (κ1) is 13.2. The van der Waals surface area contributed by atoms with Crippen LogP contribution in [0.5, 0.6) is 0 Å². The molecule has 20 heavy (non-hydrogen) atoms. The molecule has 0 N–H and O–H groups in total. The highest BCUT2D eigenvalue weighted by molar-refractivity contribution is 5.75. The Kier molecular flexibility index (Phi) is 3.25. The van der Waals surface area contributed by atoms with Gasteiger partial charge < -0.3 is 9.64 Å². The van der Waals surface area contributed by atoms with Crippen LogP contribution >= 0.6 is 0 Å². The predicted molar refractivity (Wildman–Crippen MR) is 71.7 cm³/mol. The lowest BCUT2D eigenvalue weighted by Crippen LogP contribution is -2.47. The molecule has 1 aromatic carbocycles. The highest BCUT2D eigenvalue weighted by atomic mass is 19.2. The van der Waals surface area contributed by atoms with Crippen molar-refractivity contribution in [2.75, 3.05) is 18.1 Å². The Morgan fingerprint density at radius 3 is 2.65 bits per heavy atom. The van der Waals surface area contributed by atoms with Crippen LogP contribution in [0.15, 0.2) is 18.3 Å². The standard InChI is InChI=1S/C14H15F2N3O/c1-8-7-20-9(2)6-19(8)14-5-17-12-3-10(15)11(16)4-13(12)18-14/h3-5,8-9H,6-7H2,1-2H3. The van der Waals surface area contributed by atoms with Gasteiger partial charge in [-0.05, 0) is 13.8 Å². The molecule has 1 saturated heterocycles. The monoisotopic (exact) mass is 279 g/mol. The fourth-order valence-corrected chi connectivity index (χ4v) is 2.36. The molecule has 1 aromatic heterocycles. The van der Waals surface area contributed by atoms with Gasteiger partial charge in [-0.3, -0.25) is 4.98 Å². The number of hydrogen-bond acceptors (Lipinski definition) is 4. The minimum Gasteiger partial charge on any atom is -0.375 e. The number of hydrogen-bond donors (Lipinski definition) is 0. The average Bonchev–Trinajstić information content (AvgIpc) is 2.42. The molecular weight excluding hydrogens is 264 g/mol. The molecule has 2 unspecified atom stereocenters.